The molecule has 21 heavy (non-hydrogen) atoms. The van der Waals surface area contributed by atoms with Crippen LogP contribution in [-0.4, -0.2) is 18.9 Å². The molecule has 0 atom stereocenters. The SMILES string of the molecule is CCc1cnc(CNCc2cc(OC)c3c(c2)OCO3)s1. The van der Waals surface area contributed by atoms with Crippen molar-refractivity contribution in [2.24, 2.45) is 0 Å². The molecule has 5 nitrogen and oxygen atoms in total. The molecule has 0 spiro atoms. The summed E-state index contributed by atoms with van der Waals surface area (Å²) in [6.07, 6.45) is 2.99. The molecule has 2 aromatic rings. The van der Waals surface area contributed by atoms with Gasteiger partial charge in [-0.25, -0.2) is 4.98 Å². The third-order valence-corrected chi connectivity index (χ3v) is 4.42. The highest BCUT2D eigenvalue weighted by atomic mass is 32.1. The Morgan fingerprint density at radius 3 is 3.00 bits per heavy atom. The molecule has 0 bridgehead atoms. The quantitative estimate of drug-likeness (QED) is 0.889. The van der Waals surface area contributed by atoms with Gasteiger partial charge in [0.2, 0.25) is 12.5 Å². The molecule has 1 aromatic carbocycles. The number of nitrogens with one attached hydrogen (secondary N) is 1. The molecule has 112 valence electrons. The van der Waals surface area contributed by atoms with Crippen molar-refractivity contribution in [3.63, 3.8) is 0 Å². The van der Waals surface area contributed by atoms with Crippen LogP contribution in [-0.2, 0) is 19.5 Å². The number of ether oxygens (including phenoxy) is 3. The Bertz CT molecular complexity index is 627. The topological polar surface area (TPSA) is 52.6 Å². The number of fused-ring (bicyclic) bond motifs is 1. The number of benzene rings is 1. The van der Waals surface area contributed by atoms with Crippen LogP contribution in [0.4, 0.5) is 0 Å². The van der Waals surface area contributed by atoms with E-state index in [1.807, 2.05) is 18.3 Å². The van der Waals surface area contributed by atoms with Gasteiger partial charge in [0, 0.05) is 24.2 Å². The van der Waals surface area contributed by atoms with E-state index in [-0.39, 0.29) is 6.79 Å². The van der Waals surface area contributed by atoms with Gasteiger partial charge in [-0.05, 0) is 24.1 Å². The molecule has 0 aliphatic carbocycles. The lowest BCUT2D eigenvalue weighted by atomic mass is 10.2. The molecule has 2 heterocycles. The first-order valence-electron chi connectivity index (χ1n) is 6.91. The van der Waals surface area contributed by atoms with Crippen molar-refractivity contribution < 1.29 is 14.2 Å². The molecule has 6 heteroatoms. The summed E-state index contributed by atoms with van der Waals surface area (Å²) >= 11 is 1.75. The van der Waals surface area contributed by atoms with Gasteiger partial charge in [-0.15, -0.1) is 11.3 Å². The molecule has 0 saturated heterocycles. The van der Waals surface area contributed by atoms with Gasteiger partial charge < -0.3 is 19.5 Å². The summed E-state index contributed by atoms with van der Waals surface area (Å²) in [5, 5.41) is 4.50. The molecule has 1 aromatic heterocycles. The van der Waals surface area contributed by atoms with E-state index in [1.165, 1.54) is 4.88 Å². The van der Waals surface area contributed by atoms with Crippen molar-refractivity contribution in [2.75, 3.05) is 13.9 Å². The molecular weight excluding hydrogens is 288 g/mol. The zero-order chi connectivity index (χ0) is 14.7. The van der Waals surface area contributed by atoms with Gasteiger partial charge in [0.25, 0.3) is 0 Å². The van der Waals surface area contributed by atoms with E-state index in [2.05, 4.69) is 17.2 Å². The lowest BCUT2D eigenvalue weighted by Crippen LogP contribution is -2.12. The van der Waals surface area contributed by atoms with Crippen LogP contribution in [0.2, 0.25) is 0 Å². The summed E-state index contributed by atoms with van der Waals surface area (Å²) in [5.74, 6) is 2.15. The maximum atomic E-state index is 5.42. The van der Waals surface area contributed by atoms with Crippen molar-refractivity contribution >= 4 is 11.3 Å². The lowest BCUT2D eigenvalue weighted by molar-refractivity contribution is 0.171. The third kappa shape index (κ3) is 3.11. The van der Waals surface area contributed by atoms with Gasteiger partial charge in [-0.2, -0.15) is 0 Å². The maximum Gasteiger partial charge on any atom is 0.231 e. The van der Waals surface area contributed by atoms with E-state index in [9.17, 15) is 0 Å². The van der Waals surface area contributed by atoms with Crippen LogP contribution in [0.3, 0.4) is 0 Å². The monoisotopic (exact) mass is 306 g/mol. The summed E-state index contributed by atoms with van der Waals surface area (Å²) in [4.78, 5) is 5.71. The number of nitrogens with zero attached hydrogens (tertiary/aromatic N) is 1. The van der Waals surface area contributed by atoms with Crippen LogP contribution < -0.4 is 19.5 Å². The third-order valence-electron chi connectivity index (χ3n) is 3.27. The van der Waals surface area contributed by atoms with Crippen LogP contribution in [0.25, 0.3) is 0 Å². The second kappa shape index (κ2) is 6.32. The summed E-state index contributed by atoms with van der Waals surface area (Å²) in [6.45, 7) is 3.89. The highest BCUT2D eigenvalue weighted by Crippen LogP contribution is 2.41. The van der Waals surface area contributed by atoms with Gasteiger partial charge in [-0.3, -0.25) is 0 Å². The van der Waals surface area contributed by atoms with E-state index in [1.54, 1.807) is 18.4 Å². The fourth-order valence-electron chi connectivity index (χ4n) is 2.19. The molecule has 0 amide bonds. The smallest absolute Gasteiger partial charge is 0.231 e. The molecule has 0 fully saturated rings. The summed E-state index contributed by atoms with van der Waals surface area (Å²) in [7, 11) is 1.64. The molecule has 3 rings (SSSR count). The van der Waals surface area contributed by atoms with E-state index in [0.29, 0.717) is 11.5 Å². The Labute approximate surface area is 127 Å². The summed E-state index contributed by atoms with van der Waals surface area (Å²) in [6, 6.07) is 3.96. The molecule has 1 aliphatic rings. The number of aryl methyl sites for hydroxylation is 1. The van der Waals surface area contributed by atoms with Crippen LogP contribution in [0.5, 0.6) is 17.2 Å². The van der Waals surface area contributed by atoms with E-state index in [4.69, 9.17) is 14.2 Å². The van der Waals surface area contributed by atoms with E-state index in [0.717, 1.165) is 35.8 Å². The molecule has 1 aliphatic heterocycles. The zero-order valence-electron chi connectivity index (χ0n) is 12.1. The Balaban J connectivity index is 1.62. The number of rotatable bonds is 6. The Hall–Kier alpha value is -1.79. The van der Waals surface area contributed by atoms with Crippen molar-refractivity contribution in [3.05, 3.63) is 33.8 Å². The predicted molar refractivity (Wildman–Crippen MR) is 81.2 cm³/mol. The maximum absolute atomic E-state index is 5.42. The summed E-state index contributed by atoms with van der Waals surface area (Å²) in [5.41, 5.74) is 1.10. The minimum absolute atomic E-state index is 0.251. The first-order valence-corrected chi connectivity index (χ1v) is 7.72. The van der Waals surface area contributed by atoms with Crippen molar-refractivity contribution in [1.29, 1.82) is 0 Å². The van der Waals surface area contributed by atoms with Crippen molar-refractivity contribution in [2.45, 2.75) is 26.4 Å². The molecule has 0 unspecified atom stereocenters. The minimum atomic E-state index is 0.251. The van der Waals surface area contributed by atoms with Crippen LogP contribution in [0, 0.1) is 0 Å². The van der Waals surface area contributed by atoms with Crippen LogP contribution in [0.15, 0.2) is 18.3 Å². The van der Waals surface area contributed by atoms with E-state index < -0.39 is 0 Å². The highest BCUT2D eigenvalue weighted by molar-refractivity contribution is 7.11. The van der Waals surface area contributed by atoms with Gasteiger partial charge in [0.15, 0.2) is 11.5 Å². The fraction of sp³-hybridized carbons (Fsp3) is 0.400. The standard InChI is InChI=1S/C15H18N2O3S/c1-3-11-7-17-14(21-11)8-16-6-10-4-12(18-2)15-13(5-10)19-9-20-15/h4-5,7,16H,3,6,8-9H2,1-2H3. The Morgan fingerprint density at radius 2 is 2.24 bits per heavy atom. The van der Waals surface area contributed by atoms with Gasteiger partial charge in [0.05, 0.1) is 7.11 Å². The lowest BCUT2D eigenvalue weighted by Gasteiger charge is -2.08. The molecule has 1 N–H and O–H groups in total. The largest absolute Gasteiger partial charge is 0.493 e. The number of thiazole rings is 1. The van der Waals surface area contributed by atoms with E-state index >= 15 is 0 Å². The number of aromatic nitrogens is 1. The molecule has 0 saturated carbocycles. The second-order valence-electron chi connectivity index (χ2n) is 4.71. The number of hydrogen-bond donors (Lipinski definition) is 1. The predicted octanol–water partition coefficient (Wildman–Crippen LogP) is 2.73. The highest BCUT2D eigenvalue weighted by Gasteiger charge is 2.19. The first-order chi connectivity index (χ1) is 10.3. The normalized spacial score (nSPS) is 12.7. The first kappa shape index (κ1) is 14.2. The molecular formula is C15H18N2O3S. The van der Waals surface area contributed by atoms with Crippen molar-refractivity contribution in [3.8, 4) is 17.2 Å². The molecule has 0 radical (unpaired) electrons. The average molecular weight is 306 g/mol. The zero-order valence-corrected chi connectivity index (χ0v) is 13.0. The minimum Gasteiger partial charge on any atom is -0.493 e. The fourth-order valence-corrected chi connectivity index (χ4v) is 3.02. The summed E-state index contributed by atoms with van der Waals surface area (Å²) < 4.78 is 16.1. The Kier molecular flexibility index (Phi) is 4.26. The number of hydrogen-bond acceptors (Lipinski definition) is 6. The number of methoxy groups -OCH3 is 1. The van der Waals surface area contributed by atoms with Gasteiger partial charge in [-0.1, -0.05) is 6.92 Å². The Morgan fingerprint density at radius 1 is 1.33 bits per heavy atom. The van der Waals surface area contributed by atoms with Crippen LogP contribution >= 0.6 is 11.3 Å². The van der Waals surface area contributed by atoms with Gasteiger partial charge >= 0.3 is 0 Å². The second-order valence-corrected chi connectivity index (χ2v) is 5.91. The van der Waals surface area contributed by atoms with Crippen LogP contribution in [0.1, 0.15) is 22.4 Å². The average Bonchev–Trinajstić information content (AvgIpc) is 3.14. The van der Waals surface area contributed by atoms with Gasteiger partial charge in [0.1, 0.15) is 5.01 Å². The van der Waals surface area contributed by atoms with Crippen molar-refractivity contribution in [1.82, 2.24) is 10.3 Å².